The number of ether oxygens (including phenoxy) is 3. The molecule has 0 radical (unpaired) electrons. The van der Waals surface area contributed by atoms with Crippen molar-refractivity contribution in [1.29, 1.82) is 0 Å². The fourth-order valence-corrected chi connectivity index (χ4v) is 2.18. The van der Waals surface area contributed by atoms with E-state index < -0.39 is 11.9 Å². The molecule has 1 amide bonds. The van der Waals surface area contributed by atoms with Crippen LogP contribution in [0.25, 0.3) is 0 Å². The number of benzene rings is 2. The van der Waals surface area contributed by atoms with Crippen LogP contribution >= 0.6 is 11.6 Å². The zero-order chi connectivity index (χ0) is 18.2. The molecule has 0 saturated heterocycles. The third-order valence-corrected chi connectivity index (χ3v) is 3.56. The van der Waals surface area contributed by atoms with E-state index in [4.69, 9.17) is 25.8 Å². The zero-order valence-corrected chi connectivity index (χ0v) is 14.6. The summed E-state index contributed by atoms with van der Waals surface area (Å²) in [6, 6.07) is 11.8. The van der Waals surface area contributed by atoms with Gasteiger partial charge in [-0.3, -0.25) is 9.59 Å². The van der Waals surface area contributed by atoms with Crippen LogP contribution in [0.15, 0.2) is 42.5 Å². The third kappa shape index (κ3) is 5.69. The lowest BCUT2D eigenvalue weighted by Gasteiger charge is -2.11. The van der Waals surface area contributed by atoms with Crippen LogP contribution < -0.4 is 14.8 Å². The van der Waals surface area contributed by atoms with Crippen molar-refractivity contribution < 1.29 is 23.8 Å². The summed E-state index contributed by atoms with van der Waals surface area (Å²) in [5.41, 5.74) is 1.22. The Morgan fingerprint density at radius 3 is 2.40 bits per heavy atom. The van der Waals surface area contributed by atoms with Gasteiger partial charge in [-0.15, -0.1) is 0 Å². The number of hydrogen-bond acceptors (Lipinski definition) is 5. The molecule has 6 nitrogen and oxygen atoms in total. The van der Waals surface area contributed by atoms with Gasteiger partial charge in [-0.05, 0) is 29.8 Å². The lowest BCUT2D eigenvalue weighted by molar-refractivity contribution is -0.146. The van der Waals surface area contributed by atoms with Gasteiger partial charge in [0.05, 0.1) is 26.3 Å². The van der Waals surface area contributed by atoms with Crippen molar-refractivity contribution in [3.05, 3.63) is 53.1 Å². The SMILES string of the molecule is COc1ccc(NC(=O)COC(=O)Cc2ccc(Cl)cc2)c(OC)c1. The fraction of sp³-hybridized carbons (Fsp3) is 0.222. The molecule has 7 heteroatoms. The number of carbonyl (C=O) groups is 2. The van der Waals surface area contributed by atoms with E-state index in [0.29, 0.717) is 22.2 Å². The molecule has 2 rings (SSSR count). The van der Waals surface area contributed by atoms with Gasteiger partial charge in [-0.1, -0.05) is 23.7 Å². The molecular weight excluding hydrogens is 346 g/mol. The molecule has 0 bridgehead atoms. The molecule has 0 fully saturated rings. The molecule has 0 heterocycles. The quantitative estimate of drug-likeness (QED) is 0.765. The molecule has 0 aliphatic carbocycles. The summed E-state index contributed by atoms with van der Waals surface area (Å²) in [5.74, 6) is 0.0801. The van der Waals surface area contributed by atoms with Gasteiger partial charge < -0.3 is 19.5 Å². The lowest BCUT2D eigenvalue weighted by atomic mass is 10.1. The molecular formula is C18H18ClNO5. The predicted octanol–water partition coefficient (Wildman–Crippen LogP) is 3.08. The first-order valence-corrected chi connectivity index (χ1v) is 7.81. The van der Waals surface area contributed by atoms with Crippen LogP contribution in [0.1, 0.15) is 5.56 Å². The minimum absolute atomic E-state index is 0.0658. The molecule has 0 aromatic heterocycles. The second-order valence-electron chi connectivity index (χ2n) is 5.08. The highest BCUT2D eigenvalue weighted by atomic mass is 35.5. The summed E-state index contributed by atoms with van der Waals surface area (Å²) in [6.45, 7) is -0.387. The minimum atomic E-state index is -0.501. The highest BCUT2D eigenvalue weighted by molar-refractivity contribution is 6.30. The monoisotopic (exact) mass is 363 g/mol. The number of amides is 1. The molecule has 0 spiro atoms. The van der Waals surface area contributed by atoms with Crippen LogP contribution in [0, 0.1) is 0 Å². The standard InChI is InChI=1S/C18H18ClNO5/c1-23-14-7-8-15(16(10-14)24-2)20-17(21)11-25-18(22)9-12-3-5-13(19)6-4-12/h3-8,10H,9,11H2,1-2H3,(H,20,21). The number of carbonyl (C=O) groups excluding carboxylic acids is 2. The van der Waals surface area contributed by atoms with Gasteiger partial charge in [0.1, 0.15) is 11.5 Å². The molecule has 0 aliphatic rings. The average Bonchev–Trinajstić information content (AvgIpc) is 2.62. The number of esters is 1. The number of rotatable bonds is 7. The summed E-state index contributed by atoms with van der Waals surface area (Å²) in [6.07, 6.45) is 0.0658. The van der Waals surface area contributed by atoms with Crippen molar-refractivity contribution in [2.45, 2.75) is 6.42 Å². The van der Waals surface area contributed by atoms with Crippen molar-refractivity contribution in [3.8, 4) is 11.5 Å². The summed E-state index contributed by atoms with van der Waals surface area (Å²) >= 11 is 5.78. The smallest absolute Gasteiger partial charge is 0.310 e. The molecule has 25 heavy (non-hydrogen) atoms. The first-order valence-electron chi connectivity index (χ1n) is 7.43. The van der Waals surface area contributed by atoms with E-state index in [2.05, 4.69) is 5.32 Å². The van der Waals surface area contributed by atoms with Crippen molar-refractivity contribution in [1.82, 2.24) is 0 Å². The van der Waals surface area contributed by atoms with Gasteiger partial charge in [-0.2, -0.15) is 0 Å². The molecule has 2 aromatic carbocycles. The Bertz CT molecular complexity index is 746. The van der Waals surface area contributed by atoms with Crippen molar-refractivity contribution >= 4 is 29.2 Å². The maximum atomic E-state index is 11.9. The number of methoxy groups -OCH3 is 2. The molecule has 2 aromatic rings. The van der Waals surface area contributed by atoms with E-state index in [-0.39, 0.29) is 13.0 Å². The Morgan fingerprint density at radius 2 is 1.76 bits per heavy atom. The Hall–Kier alpha value is -2.73. The predicted molar refractivity (Wildman–Crippen MR) is 94.3 cm³/mol. The largest absolute Gasteiger partial charge is 0.497 e. The van der Waals surface area contributed by atoms with Crippen LogP contribution in [0.5, 0.6) is 11.5 Å². The lowest BCUT2D eigenvalue weighted by Crippen LogP contribution is -2.21. The Labute approximate surface area is 150 Å². The van der Waals surface area contributed by atoms with E-state index in [1.54, 1.807) is 42.5 Å². The van der Waals surface area contributed by atoms with Crippen LogP contribution in [0.2, 0.25) is 5.02 Å². The summed E-state index contributed by atoms with van der Waals surface area (Å²) in [5, 5.41) is 3.21. The Balaban J connectivity index is 1.86. The van der Waals surface area contributed by atoms with Gasteiger partial charge in [0.25, 0.3) is 5.91 Å². The van der Waals surface area contributed by atoms with Crippen LogP contribution in [0.3, 0.4) is 0 Å². The molecule has 0 aliphatic heterocycles. The summed E-state index contributed by atoms with van der Waals surface area (Å²) in [7, 11) is 3.02. The van der Waals surface area contributed by atoms with Crippen molar-refractivity contribution in [2.75, 3.05) is 26.1 Å². The van der Waals surface area contributed by atoms with Gasteiger partial charge in [0, 0.05) is 11.1 Å². The Morgan fingerprint density at radius 1 is 1.04 bits per heavy atom. The van der Waals surface area contributed by atoms with E-state index in [0.717, 1.165) is 5.56 Å². The molecule has 0 unspecified atom stereocenters. The first kappa shape index (κ1) is 18.6. The molecule has 0 saturated carbocycles. The zero-order valence-electron chi connectivity index (χ0n) is 13.9. The van der Waals surface area contributed by atoms with Crippen molar-refractivity contribution in [3.63, 3.8) is 0 Å². The number of nitrogens with one attached hydrogen (secondary N) is 1. The van der Waals surface area contributed by atoms with E-state index >= 15 is 0 Å². The average molecular weight is 364 g/mol. The maximum absolute atomic E-state index is 11.9. The van der Waals surface area contributed by atoms with Crippen LogP contribution in [-0.2, 0) is 20.7 Å². The topological polar surface area (TPSA) is 73.9 Å². The Kier molecular flexibility index (Phi) is 6.65. The third-order valence-electron chi connectivity index (χ3n) is 3.31. The maximum Gasteiger partial charge on any atom is 0.310 e. The van der Waals surface area contributed by atoms with Gasteiger partial charge in [-0.25, -0.2) is 0 Å². The van der Waals surface area contributed by atoms with Gasteiger partial charge >= 0.3 is 5.97 Å². The molecule has 0 atom stereocenters. The highest BCUT2D eigenvalue weighted by Gasteiger charge is 2.12. The van der Waals surface area contributed by atoms with Crippen LogP contribution in [0.4, 0.5) is 5.69 Å². The van der Waals surface area contributed by atoms with Gasteiger partial charge in [0.15, 0.2) is 6.61 Å². The van der Waals surface area contributed by atoms with Gasteiger partial charge in [0.2, 0.25) is 0 Å². The first-order chi connectivity index (χ1) is 12.0. The fourth-order valence-electron chi connectivity index (χ4n) is 2.05. The molecule has 1 N–H and O–H groups in total. The summed E-state index contributed by atoms with van der Waals surface area (Å²) in [4.78, 5) is 23.7. The minimum Gasteiger partial charge on any atom is -0.497 e. The molecule has 132 valence electrons. The van der Waals surface area contributed by atoms with E-state index in [1.807, 2.05) is 0 Å². The van der Waals surface area contributed by atoms with E-state index in [1.165, 1.54) is 14.2 Å². The second kappa shape index (κ2) is 8.94. The highest BCUT2D eigenvalue weighted by Crippen LogP contribution is 2.28. The van der Waals surface area contributed by atoms with Crippen molar-refractivity contribution in [2.24, 2.45) is 0 Å². The number of halogens is 1. The van der Waals surface area contributed by atoms with E-state index in [9.17, 15) is 9.59 Å². The summed E-state index contributed by atoms with van der Waals surface area (Å²) < 4.78 is 15.3. The van der Waals surface area contributed by atoms with Crippen LogP contribution in [-0.4, -0.2) is 32.7 Å². The normalized spacial score (nSPS) is 10.0. The second-order valence-corrected chi connectivity index (χ2v) is 5.51. The number of anilines is 1. The number of hydrogen-bond donors (Lipinski definition) is 1.